The first-order valence-corrected chi connectivity index (χ1v) is 9.86. The molecule has 1 aromatic heterocycles. The third kappa shape index (κ3) is 4.96. The van der Waals surface area contributed by atoms with Crippen LogP contribution in [0.2, 0.25) is 0 Å². The quantitative estimate of drug-likeness (QED) is 0.639. The van der Waals surface area contributed by atoms with Gasteiger partial charge in [0.2, 0.25) is 0 Å². The van der Waals surface area contributed by atoms with Crippen LogP contribution in [-0.2, 0) is 25.5 Å². The molecule has 0 radical (unpaired) electrons. The van der Waals surface area contributed by atoms with Crippen molar-refractivity contribution in [3.8, 4) is 5.75 Å². The molecule has 10 nitrogen and oxygen atoms in total. The number of nitrogens with one attached hydrogen (secondary N) is 2. The predicted octanol–water partition coefficient (Wildman–Crippen LogP) is 1.57. The van der Waals surface area contributed by atoms with E-state index in [1.165, 1.54) is 14.2 Å². The molecule has 2 heterocycles. The van der Waals surface area contributed by atoms with E-state index >= 15 is 0 Å². The van der Waals surface area contributed by atoms with Crippen molar-refractivity contribution in [2.45, 2.75) is 31.3 Å². The summed E-state index contributed by atoms with van der Waals surface area (Å²) >= 11 is 0. The average molecular weight is 430 g/mol. The summed E-state index contributed by atoms with van der Waals surface area (Å²) < 4.78 is 14.6. The van der Waals surface area contributed by atoms with Crippen LogP contribution in [0.25, 0.3) is 0 Å². The molecule has 166 valence electrons. The Morgan fingerprint density at radius 2 is 1.94 bits per heavy atom. The third-order valence-corrected chi connectivity index (χ3v) is 5.27. The van der Waals surface area contributed by atoms with Gasteiger partial charge >= 0.3 is 18.0 Å². The molecule has 3 rings (SSSR count). The first-order chi connectivity index (χ1) is 15.0. The minimum atomic E-state index is -0.978. The van der Waals surface area contributed by atoms with Crippen molar-refractivity contribution in [1.29, 1.82) is 0 Å². The van der Waals surface area contributed by atoms with Crippen LogP contribution < -0.4 is 10.1 Å². The van der Waals surface area contributed by atoms with Crippen LogP contribution in [-0.4, -0.2) is 66.8 Å². The lowest BCUT2D eigenvalue weighted by atomic mass is 9.96. The van der Waals surface area contributed by atoms with Gasteiger partial charge in [0.25, 0.3) is 0 Å². The minimum Gasteiger partial charge on any atom is -0.497 e. The molecule has 0 aliphatic carbocycles. The molecular weight excluding hydrogens is 404 g/mol. The lowest BCUT2D eigenvalue weighted by Crippen LogP contribution is -2.51. The Morgan fingerprint density at radius 3 is 2.58 bits per heavy atom. The van der Waals surface area contributed by atoms with Gasteiger partial charge in [0.15, 0.2) is 0 Å². The summed E-state index contributed by atoms with van der Waals surface area (Å²) in [5, 5.41) is 2.70. The van der Waals surface area contributed by atoms with E-state index < -0.39 is 30.1 Å². The first-order valence-electron chi connectivity index (χ1n) is 9.86. The monoisotopic (exact) mass is 430 g/mol. The van der Waals surface area contributed by atoms with E-state index in [-0.39, 0.29) is 12.8 Å². The number of benzene rings is 1. The van der Waals surface area contributed by atoms with Crippen LogP contribution in [0.15, 0.2) is 30.6 Å². The Bertz CT molecular complexity index is 926. The maximum Gasteiger partial charge on any atom is 0.328 e. The van der Waals surface area contributed by atoms with Gasteiger partial charge in [0, 0.05) is 25.1 Å². The molecule has 0 fully saturated rings. The smallest absolute Gasteiger partial charge is 0.328 e. The number of amides is 2. The molecule has 10 heteroatoms. The Kier molecular flexibility index (Phi) is 7.11. The number of carbonyl (C=O) groups excluding carboxylic acids is 3. The van der Waals surface area contributed by atoms with Crippen LogP contribution in [0.1, 0.15) is 35.8 Å². The van der Waals surface area contributed by atoms with Gasteiger partial charge in [-0.2, -0.15) is 0 Å². The van der Waals surface area contributed by atoms with Crippen LogP contribution in [0, 0.1) is 0 Å². The molecular formula is C21H26N4O6. The van der Waals surface area contributed by atoms with Gasteiger partial charge in [-0.05, 0) is 24.1 Å². The molecule has 0 spiro atoms. The zero-order valence-corrected chi connectivity index (χ0v) is 17.7. The number of rotatable bonds is 7. The second-order valence-corrected chi connectivity index (χ2v) is 7.03. The summed E-state index contributed by atoms with van der Waals surface area (Å²) in [7, 11) is 4.09. The molecule has 1 unspecified atom stereocenters. The number of H-pyrrole nitrogens is 1. The molecule has 0 bridgehead atoms. The number of ether oxygens (including phenoxy) is 3. The predicted molar refractivity (Wildman–Crippen MR) is 109 cm³/mol. The second kappa shape index (κ2) is 9.96. The molecule has 2 N–H and O–H groups in total. The number of hydrogen-bond acceptors (Lipinski definition) is 7. The lowest BCUT2D eigenvalue weighted by Gasteiger charge is -2.36. The summed E-state index contributed by atoms with van der Waals surface area (Å²) in [6, 6.07) is 5.52. The molecule has 2 atom stereocenters. The normalized spacial score (nSPS) is 16.1. The van der Waals surface area contributed by atoms with Crippen LogP contribution in [0.5, 0.6) is 5.75 Å². The summed E-state index contributed by atoms with van der Waals surface area (Å²) in [6.45, 7) is 0.419. The zero-order chi connectivity index (χ0) is 22.4. The zero-order valence-electron chi connectivity index (χ0n) is 17.7. The van der Waals surface area contributed by atoms with Crippen molar-refractivity contribution < 1.29 is 28.6 Å². The number of imidazole rings is 1. The molecule has 2 aromatic rings. The number of urea groups is 1. The van der Waals surface area contributed by atoms with E-state index in [0.717, 1.165) is 17.0 Å². The molecule has 0 saturated heterocycles. The Hall–Kier alpha value is -3.56. The number of hydrogen-bond donors (Lipinski definition) is 2. The van der Waals surface area contributed by atoms with Crippen LogP contribution in [0.4, 0.5) is 4.79 Å². The number of carbonyl (C=O) groups is 3. The van der Waals surface area contributed by atoms with Crippen LogP contribution >= 0.6 is 0 Å². The van der Waals surface area contributed by atoms with Gasteiger partial charge in [-0.25, -0.2) is 14.6 Å². The Labute approximate surface area is 179 Å². The highest BCUT2D eigenvalue weighted by atomic mass is 16.5. The summed E-state index contributed by atoms with van der Waals surface area (Å²) in [5.74, 6) is -0.402. The van der Waals surface area contributed by atoms with Gasteiger partial charge in [-0.1, -0.05) is 12.1 Å². The van der Waals surface area contributed by atoms with Gasteiger partial charge in [-0.15, -0.1) is 0 Å². The van der Waals surface area contributed by atoms with Crippen molar-refractivity contribution in [1.82, 2.24) is 20.2 Å². The fraction of sp³-hybridized carbons (Fsp3) is 0.429. The highest BCUT2D eigenvalue weighted by Crippen LogP contribution is 2.34. The minimum absolute atomic E-state index is 0.0258. The Morgan fingerprint density at radius 1 is 1.19 bits per heavy atom. The topological polar surface area (TPSA) is 123 Å². The van der Waals surface area contributed by atoms with E-state index in [0.29, 0.717) is 18.7 Å². The average Bonchev–Trinajstić information content (AvgIpc) is 3.29. The molecule has 2 amide bonds. The highest BCUT2D eigenvalue weighted by molar-refractivity contribution is 5.84. The van der Waals surface area contributed by atoms with E-state index in [4.69, 9.17) is 9.47 Å². The number of aromatic nitrogens is 2. The lowest BCUT2D eigenvalue weighted by molar-refractivity contribution is -0.144. The van der Waals surface area contributed by atoms with E-state index in [2.05, 4.69) is 20.0 Å². The van der Waals surface area contributed by atoms with E-state index in [1.807, 2.05) is 24.3 Å². The summed E-state index contributed by atoms with van der Waals surface area (Å²) in [4.78, 5) is 46.1. The number of aromatic amines is 1. The summed E-state index contributed by atoms with van der Waals surface area (Å²) in [6.07, 6.45) is 2.25. The highest BCUT2D eigenvalue weighted by Gasteiger charge is 2.36. The first kappa shape index (κ1) is 22.1. The molecule has 1 aliphatic heterocycles. The number of methoxy groups -OCH3 is 3. The number of fused-ring (bicyclic) bond motifs is 1. The van der Waals surface area contributed by atoms with Gasteiger partial charge < -0.3 is 29.4 Å². The third-order valence-electron chi connectivity index (χ3n) is 5.27. The van der Waals surface area contributed by atoms with Gasteiger partial charge in [0.05, 0.1) is 33.4 Å². The van der Waals surface area contributed by atoms with Gasteiger partial charge in [-0.3, -0.25) is 4.79 Å². The summed E-state index contributed by atoms with van der Waals surface area (Å²) in [5.41, 5.74) is 2.56. The molecule has 31 heavy (non-hydrogen) atoms. The largest absolute Gasteiger partial charge is 0.497 e. The SMILES string of the molecule is COC(=O)CC[C@H](NC(=O)N1CCc2[nH]cnc2C1c1ccc(OC)cc1)C(=O)OC. The maximum absolute atomic E-state index is 13.2. The number of esters is 2. The standard InChI is InChI=1S/C21H26N4O6/c1-29-14-6-4-13(5-7-14)19-18-15(22-12-23-18)10-11-25(19)21(28)24-16(20(27)31-3)8-9-17(26)30-2/h4-7,12,16,19H,8-11H2,1-3H3,(H,22,23)(H,24,28)/t16-,19?/m0/s1. The van der Waals surface area contributed by atoms with Crippen molar-refractivity contribution in [3.05, 3.63) is 47.5 Å². The fourth-order valence-corrected chi connectivity index (χ4v) is 3.61. The van der Waals surface area contributed by atoms with Crippen LogP contribution in [0.3, 0.4) is 0 Å². The molecule has 0 saturated carbocycles. The maximum atomic E-state index is 13.2. The van der Waals surface area contributed by atoms with Crippen molar-refractivity contribution in [3.63, 3.8) is 0 Å². The van der Waals surface area contributed by atoms with Crippen molar-refractivity contribution in [2.24, 2.45) is 0 Å². The van der Waals surface area contributed by atoms with E-state index in [1.54, 1.807) is 18.3 Å². The van der Waals surface area contributed by atoms with Gasteiger partial charge in [0.1, 0.15) is 17.8 Å². The number of nitrogens with zero attached hydrogens (tertiary/aromatic N) is 2. The van der Waals surface area contributed by atoms with Crippen molar-refractivity contribution in [2.75, 3.05) is 27.9 Å². The molecule has 1 aromatic carbocycles. The Balaban J connectivity index is 1.84. The second-order valence-electron chi connectivity index (χ2n) is 7.03. The molecule has 1 aliphatic rings. The van der Waals surface area contributed by atoms with Crippen molar-refractivity contribution >= 4 is 18.0 Å². The fourth-order valence-electron chi connectivity index (χ4n) is 3.61. The van der Waals surface area contributed by atoms with E-state index in [9.17, 15) is 14.4 Å².